The van der Waals surface area contributed by atoms with Crippen molar-refractivity contribution in [3.05, 3.63) is 52.8 Å². The van der Waals surface area contributed by atoms with Gasteiger partial charge in [-0.2, -0.15) is 4.98 Å². The van der Waals surface area contributed by atoms with E-state index in [4.69, 9.17) is 21.1 Å². The summed E-state index contributed by atoms with van der Waals surface area (Å²) in [5.41, 5.74) is 2.53. The number of hydrogen-bond donors (Lipinski definition) is 0. The molecule has 0 aliphatic heterocycles. The Morgan fingerprint density at radius 3 is 2.71 bits per heavy atom. The van der Waals surface area contributed by atoms with E-state index in [1.807, 2.05) is 31.2 Å². The molecule has 0 spiro atoms. The number of nitrogens with zero attached hydrogens (tertiary/aromatic N) is 7. The van der Waals surface area contributed by atoms with Crippen molar-refractivity contribution in [3.63, 3.8) is 0 Å². The van der Waals surface area contributed by atoms with Gasteiger partial charge in [0.25, 0.3) is 5.95 Å². The van der Waals surface area contributed by atoms with Crippen molar-refractivity contribution in [3.8, 4) is 12.0 Å². The average molecular weight is 442 g/mol. The SMILES string of the molecule is CCCOC(=O)Cc1cccc(COc2nc3c(Cl)cccc3n2-c2nnnn2C)n1. The van der Waals surface area contributed by atoms with Crippen molar-refractivity contribution >= 4 is 28.6 Å². The highest BCUT2D eigenvalue weighted by Crippen LogP contribution is 2.29. The highest BCUT2D eigenvalue weighted by molar-refractivity contribution is 6.35. The Labute approximate surface area is 182 Å². The largest absolute Gasteiger partial charge is 0.465 e. The molecule has 0 unspecified atom stereocenters. The minimum Gasteiger partial charge on any atom is -0.465 e. The molecule has 4 aromatic rings. The smallest absolute Gasteiger partial charge is 0.311 e. The third-order valence-electron chi connectivity index (χ3n) is 4.41. The van der Waals surface area contributed by atoms with Gasteiger partial charge in [0.2, 0.25) is 0 Å². The normalized spacial score (nSPS) is 11.1. The topological polar surface area (TPSA) is 110 Å². The summed E-state index contributed by atoms with van der Waals surface area (Å²) in [5, 5.41) is 12.1. The summed E-state index contributed by atoms with van der Waals surface area (Å²) < 4.78 is 14.3. The number of carbonyl (C=O) groups is 1. The van der Waals surface area contributed by atoms with Crippen LogP contribution in [0.3, 0.4) is 0 Å². The van der Waals surface area contributed by atoms with Crippen molar-refractivity contribution in [2.45, 2.75) is 26.4 Å². The number of para-hydroxylation sites is 1. The fourth-order valence-electron chi connectivity index (χ4n) is 3.01. The van der Waals surface area contributed by atoms with Gasteiger partial charge < -0.3 is 9.47 Å². The Kier molecular flexibility index (Phi) is 6.08. The van der Waals surface area contributed by atoms with Crippen LogP contribution in [0.1, 0.15) is 24.7 Å². The van der Waals surface area contributed by atoms with Gasteiger partial charge >= 0.3 is 12.0 Å². The number of pyridine rings is 1. The molecule has 0 N–H and O–H groups in total. The number of benzene rings is 1. The van der Waals surface area contributed by atoms with Crippen molar-refractivity contribution in [1.82, 2.24) is 34.7 Å². The van der Waals surface area contributed by atoms with Crippen molar-refractivity contribution in [2.75, 3.05) is 6.61 Å². The zero-order valence-electron chi connectivity index (χ0n) is 17.0. The first kappa shape index (κ1) is 20.7. The van der Waals surface area contributed by atoms with Crippen LogP contribution in [-0.4, -0.2) is 47.3 Å². The molecule has 4 rings (SSSR count). The number of halogens is 1. The molecule has 10 nitrogen and oxygen atoms in total. The first-order valence-corrected chi connectivity index (χ1v) is 10.1. The Hall–Kier alpha value is -3.53. The van der Waals surface area contributed by atoms with Crippen molar-refractivity contribution < 1.29 is 14.3 Å². The molecule has 0 atom stereocenters. The molecule has 0 aliphatic rings. The summed E-state index contributed by atoms with van der Waals surface area (Å²) in [6, 6.07) is 11.1. The van der Waals surface area contributed by atoms with E-state index in [-0.39, 0.29) is 25.0 Å². The van der Waals surface area contributed by atoms with E-state index >= 15 is 0 Å². The maximum absolute atomic E-state index is 11.9. The molecule has 0 aliphatic carbocycles. The van der Waals surface area contributed by atoms with Crippen LogP contribution in [0, 0.1) is 0 Å². The van der Waals surface area contributed by atoms with Crippen LogP contribution in [-0.2, 0) is 29.6 Å². The third kappa shape index (κ3) is 4.48. The van der Waals surface area contributed by atoms with Gasteiger partial charge in [-0.1, -0.05) is 35.8 Å². The lowest BCUT2D eigenvalue weighted by Gasteiger charge is -2.09. The number of aryl methyl sites for hydroxylation is 1. The number of tetrazole rings is 1. The van der Waals surface area contributed by atoms with Crippen LogP contribution < -0.4 is 4.74 Å². The van der Waals surface area contributed by atoms with Crippen molar-refractivity contribution in [2.24, 2.45) is 7.05 Å². The van der Waals surface area contributed by atoms with Crippen LogP contribution in [0.4, 0.5) is 0 Å². The lowest BCUT2D eigenvalue weighted by Crippen LogP contribution is -2.11. The number of esters is 1. The van der Waals surface area contributed by atoms with Crippen molar-refractivity contribution in [1.29, 1.82) is 0 Å². The Morgan fingerprint density at radius 1 is 1.13 bits per heavy atom. The third-order valence-corrected chi connectivity index (χ3v) is 4.71. The fourth-order valence-corrected chi connectivity index (χ4v) is 3.22. The summed E-state index contributed by atoms with van der Waals surface area (Å²) in [4.78, 5) is 20.9. The molecule has 3 aromatic heterocycles. The lowest BCUT2D eigenvalue weighted by molar-refractivity contribution is -0.142. The second kappa shape index (κ2) is 9.09. The van der Waals surface area contributed by atoms with Crippen LogP contribution in [0.2, 0.25) is 5.02 Å². The van der Waals surface area contributed by atoms with E-state index in [9.17, 15) is 4.79 Å². The van der Waals surface area contributed by atoms with E-state index in [1.54, 1.807) is 23.7 Å². The molecule has 1 aromatic carbocycles. The van der Waals surface area contributed by atoms with Gasteiger partial charge in [0.05, 0.1) is 35.0 Å². The predicted molar refractivity (Wildman–Crippen MR) is 112 cm³/mol. The monoisotopic (exact) mass is 441 g/mol. The molecule has 0 amide bonds. The zero-order chi connectivity index (χ0) is 21.8. The molecule has 0 fully saturated rings. The number of imidazole rings is 1. The van der Waals surface area contributed by atoms with Gasteiger partial charge in [0, 0.05) is 7.05 Å². The van der Waals surface area contributed by atoms with Crippen LogP contribution in [0.5, 0.6) is 6.01 Å². The number of hydrogen-bond acceptors (Lipinski definition) is 8. The summed E-state index contributed by atoms with van der Waals surface area (Å²) in [6.07, 6.45) is 0.881. The van der Waals surface area contributed by atoms with Gasteiger partial charge in [-0.05, 0) is 41.1 Å². The van der Waals surface area contributed by atoms with E-state index < -0.39 is 0 Å². The lowest BCUT2D eigenvalue weighted by atomic mass is 10.2. The van der Waals surface area contributed by atoms with E-state index in [2.05, 4.69) is 25.5 Å². The van der Waals surface area contributed by atoms with E-state index in [1.165, 1.54) is 4.68 Å². The highest BCUT2D eigenvalue weighted by atomic mass is 35.5. The maximum atomic E-state index is 11.9. The highest BCUT2D eigenvalue weighted by Gasteiger charge is 2.20. The van der Waals surface area contributed by atoms with Crippen LogP contribution in [0.15, 0.2) is 36.4 Å². The Morgan fingerprint density at radius 2 is 1.94 bits per heavy atom. The predicted octanol–water partition coefficient (Wildman–Crippen LogP) is 2.67. The minimum absolute atomic E-state index is 0.104. The Balaban J connectivity index is 1.59. The fraction of sp³-hybridized carbons (Fsp3) is 0.300. The number of carbonyl (C=O) groups excluding carboxylic acids is 1. The molecule has 0 radical (unpaired) electrons. The van der Waals surface area contributed by atoms with Gasteiger partial charge in [0.1, 0.15) is 12.1 Å². The van der Waals surface area contributed by atoms with Gasteiger partial charge in [0.15, 0.2) is 0 Å². The van der Waals surface area contributed by atoms with Crippen LogP contribution in [0.25, 0.3) is 17.0 Å². The van der Waals surface area contributed by atoms with E-state index in [0.717, 1.165) is 6.42 Å². The summed E-state index contributed by atoms with van der Waals surface area (Å²) in [6.45, 7) is 2.47. The molecular weight excluding hydrogens is 422 g/mol. The Bertz CT molecular complexity index is 1220. The van der Waals surface area contributed by atoms with E-state index in [0.29, 0.717) is 40.0 Å². The first-order valence-electron chi connectivity index (χ1n) is 9.69. The second-order valence-electron chi connectivity index (χ2n) is 6.75. The maximum Gasteiger partial charge on any atom is 0.311 e. The first-order chi connectivity index (χ1) is 15.1. The quantitative estimate of drug-likeness (QED) is 0.384. The molecule has 31 heavy (non-hydrogen) atoms. The number of fused-ring (bicyclic) bond motifs is 1. The summed E-state index contributed by atoms with van der Waals surface area (Å²) in [7, 11) is 1.72. The molecule has 11 heteroatoms. The molecule has 0 saturated carbocycles. The average Bonchev–Trinajstić information content (AvgIpc) is 3.34. The number of ether oxygens (including phenoxy) is 2. The zero-order valence-corrected chi connectivity index (χ0v) is 17.8. The second-order valence-corrected chi connectivity index (χ2v) is 7.15. The van der Waals surface area contributed by atoms with Gasteiger partial charge in [-0.25, -0.2) is 9.25 Å². The molecule has 0 bridgehead atoms. The number of rotatable bonds is 8. The number of aromatic nitrogens is 7. The summed E-state index contributed by atoms with van der Waals surface area (Å²) >= 11 is 6.32. The molecule has 3 heterocycles. The standard InChI is InChI=1S/C20H20ClN7O3/c1-3-10-30-17(29)11-13-6-4-7-14(22-13)12-31-20-23-18-15(21)8-5-9-16(18)28(20)19-24-25-26-27(19)2/h4-9H,3,10-12H2,1-2H3. The minimum atomic E-state index is -0.307. The molecule has 160 valence electrons. The molecular formula is C20H20ClN7O3. The van der Waals surface area contributed by atoms with Crippen LogP contribution >= 0.6 is 11.6 Å². The van der Waals surface area contributed by atoms with Gasteiger partial charge in [-0.3, -0.25) is 9.78 Å². The van der Waals surface area contributed by atoms with Gasteiger partial charge in [-0.15, -0.1) is 0 Å². The molecule has 0 saturated heterocycles. The summed E-state index contributed by atoms with van der Waals surface area (Å²) in [5.74, 6) is 0.124.